The molecule has 0 saturated carbocycles. The van der Waals surface area contributed by atoms with E-state index in [0.29, 0.717) is 5.69 Å². The molecule has 1 aromatic rings. The van der Waals surface area contributed by atoms with Gasteiger partial charge in [-0.3, -0.25) is 10.2 Å². The number of alkyl halides is 1. The minimum atomic E-state index is -0.526. The van der Waals surface area contributed by atoms with Crippen molar-refractivity contribution in [3.8, 4) is 0 Å². The van der Waals surface area contributed by atoms with Gasteiger partial charge >= 0.3 is 6.03 Å². The Kier molecular flexibility index (Phi) is 4.60. The summed E-state index contributed by atoms with van der Waals surface area (Å²) in [5, 5.41) is 2.54. The van der Waals surface area contributed by atoms with E-state index >= 15 is 0 Å². The Balaban J connectivity index is 2.40. The van der Waals surface area contributed by atoms with Gasteiger partial charge in [-0.2, -0.15) is 0 Å². The van der Waals surface area contributed by atoms with E-state index in [4.69, 9.17) is 11.6 Å². The number of carbonyl (C=O) groups excluding carboxylic acids is 2. The van der Waals surface area contributed by atoms with Crippen LogP contribution < -0.4 is 16.2 Å². The van der Waals surface area contributed by atoms with Gasteiger partial charge in [0.15, 0.2) is 0 Å². The fourth-order valence-electron chi connectivity index (χ4n) is 0.959. The van der Waals surface area contributed by atoms with Crippen LogP contribution in [0.25, 0.3) is 0 Å². The second-order valence-corrected chi connectivity index (χ2v) is 3.39. The molecule has 16 heavy (non-hydrogen) atoms. The minimum absolute atomic E-state index is 0.204. The molecule has 0 aliphatic carbocycles. The lowest BCUT2D eigenvalue weighted by Crippen LogP contribution is -2.44. The van der Waals surface area contributed by atoms with Gasteiger partial charge < -0.3 is 5.32 Å². The van der Waals surface area contributed by atoms with Gasteiger partial charge in [0.05, 0.1) is 0 Å². The van der Waals surface area contributed by atoms with Gasteiger partial charge in [-0.15, -0.1) is 11.6 Å². The SMILES string of the molecule is Cc1ccc(NC(=O)NNC(=O)CCl)cc1. The Morgan fingerprint density at radius 1 is 1.19 bits per heavy atom. The molecule has 0 heterocycles. The van der Waals surface area contributed by atoms with E-state index in [-0.39, 0.29) is 5.88 Å². The van der Waals surface area contributed by atoms with Crippen LogP contribution in [0.15, 0.2) is 24.3 Å². The highest BCUT2D eigenvalue weighted by Gasteiger charge is 2.02. The average Bonchev–Trinajstić information content (AvgIpc) is 2.29. The first-order valence-electron chi connectivity index (χ1n) is 4.60. The zero-order valence-electron chi connectivity index (χ0n) is 8.71. The van der Waals surface area contributed by atoms with Crippen molar-refractivity contribution in [2.75, 3.05) is 11.2 Å². The van der Waals surface area contributed by atoms with E-state index in [2.05, 4.69) is 16.2 Å². The van der Waals surface area contributed by atoms with Gasteiger partial charge in [0.25, 0.3) is 5.91 Å². The number of amides is 3. The number of urea groups is 1. The second-order valence-electron chi connectivity index (χ2n) is 3.13. The van der Waals surface area contributed by atoms with Crippen molar-refractivity contribution in [1.29, 1.82) is 0 Å². The number of rotatable bonds is 2. The van der Waals surface area contributed by atoms with E-state index < -0.39 is 11.9 Å². The quantitative estimate of drug-likeness (QED) is 0.541. The number of anilines is 1. The molecule has 6 heteroatoms. The van der Waals surface area contributed by atoms with Crippen LogP contribution in [0.5, 0.6) is 0 Å². The molecular weight excluding hydrogens is 230 g/mol. The van der Waals surface area contributed by atoms with Crippen molar-refractivity contribution >= 4 is 29.2 Å². The normalized spacial score (nSPS) is 9.38. The van der Waals surface area contributed by atoms with E-state index in [1.807, 2.05) is 19.1 Å². The Labute approximate surface area is 98.1 Å². The van der Waals surface area contributed by atoms with E-state index in [1.54, 1.807) is 12.1 Å². The van der Waals surface area contributed by atoms with Crippen molar-refractivity contribution in [2.24, 2.45) is 0 Å². The number of benzene rings is 1. The fourth-order valence-corrected chi connectivity index (χ4v) is 1.03. The molecule has 0 aromatic heterocycles. The lowest BCUT2D eigenvalue weighted by Gasteiger charge is -2.07. The largest absolute Gasteiger partial charge is 0.337 e. The molecule has 0 fully saturated rings. The molecule has 0 bridgehead atoms. The van der Waals surface area contributed by atoms with E-state index in [9.17, 15) is 9.59 Å². The smallest absolute Gasteiger partial charge is 0.307 e. The maximum Gasteiger partial charge on any atom is 0.337 e. The predicted octanol–water partition coefficient (Wildman–Crippen LogP) is 1.39. The molecular formula is C10H12ClN3O2. The van der Waals surface area contributed by atoms with Crippen molar-refractivity contribution in [1.82, 2.24) is 10.9 Å². The number of aryl methyl sites for hydroxylation is 1. The third-order valence-corrected chi connectivity index (χ3v) is 1.99. The van der Waals surface area contributed by atoms with Crippen LogP contribution in [0.2, 0.25) is 0 Å². The monoisotopic (exact) mass is 241 g/mol. The number of hydrogen-bond acceptors (Lipinski definition) is 2. The second kappa shape index (κ2) is 5.97. The van der Waals surface area contributed by atoms with E-state index in [1.165, 1.54) is 0 Å². The number of hydrogen-bond donors (Lipinski definition) is 3. The molecule has 1 aromatic carbocycles. The molecule has 0 saturated heterocycles. The summed E-state index contributed by atoms with van der Waals surface area (Å²) in [6.45, 7) is 1.95. The zero-order chi connectivity index (χ0) is 12.0. The van der Waals surface area contributed by atoms with Gasteiger partial charge in [-0.1, -0.05) is 17.7 Å². The summed E-state index contributed by atoms with van der Waals surface area (Å²) >= 11 is 5.23. The van der Waals surface area contributed by atoms with Gasteiger partial charge in [-0.05, 0) is 19.1 Å². The first kappa shape index (κ1) is 12.3. The van der Waals surface area contributed by atoms with Crippen molar-refractivity contribution in [3.63, 3.8) is 0 Å². The number of carbonyl (C=O) groups is 2. The molecule has 0 spiro atoms. The molecule has 0 radical (unpaired) electrons. The molecule has 1 rings (SSSR count). The standard InChI is InChI=1S/C10H12ClN3O2/c1-7-2-4-8(5-3-7)12-10(16)14-13-9(15)6-11/h2-5H,6H2,1H3,(H,13,15)(H2,12,14,16). The van der Waals surface area contributed by atoms with Crippen LogP contribution in [0.4, 0.5) is 10.5 Å². The molecule has 0 unspecified atom stereocenters. The Morgan fingerprint density at radius 3 is 2.38 bits per heavy atom. The van der Waals surface area contributed by atoms with Gasteiger partial charge in [0.1, 0.15) is 5.88 Å². The Bertz CT molecular complexity index is 378. The summed E-state index contributed by atoms with van der Waals surface area (Å²) < 4.78 is 0. The number of halogens is 1. The Morgan fingerprint density at radius 2 is 1.81 bits per heavy atom. The first-order valence-corrected chi connectivity index (χ1v) is 5.13. The molecule has 5 nitrogen and oxygen atoms in total. The van der Waals surface area contributed by atoms with Gasteiger partial charge in [0, 0.05) is 5.69 Å². The van der Waals surface area contributed by atoms with Crippen molar-refractivity contribution in [2.45, 2.75) is 6.92 Å². The van der Waals surface area contributed by atoms with Gasteiger partial charge in [0.2, 0.25) is 0 Å². The highest BCUT2D eigenvalue weighted by molar-refractivity contribution is 6.27. The van der Waals surface area contributed by atoms with E-state index in [0.717, 1.165) is 5.56 Å². The molecule has 0 aliphatic rings. The highest BCUT2D eigenvalue weighted by Crippen LogP contribution is 2.07. The lowest BCUT2D eigenvalue weighted by atomic mass is 10.2. The lowest BCUT2D eigenvalue weighted by molar-refractivity contribution is -0.119. The molecule has 0 aliphatic heterocycles. The van der Waals surface area contributed by atoms with Crippen LogP contribution in [0.3, 0.4) is 0 Å². The highest BCUT2D eigenvalue weighted by atomic mass is 35.5. The predicted molar refractivity (Wildman–Crippen MR) is 62.2 cm³/mol. The summed E-state index contributed by atoms with van der Waals surface area (Å²) in [6, 6.07) is 6.73. The van der Waals surface area contributed by atoms with Crippen LogP contribution in [0, 0.1) is 6.92 Å². The third kappa shape index (κ3) is 4.18. The summed E-state index contributed by atoms with van der Waals surface area (Å²) in [5.41, 5.74) is 6.03. The maximum absolute atomic E-state index is 11.2. The molecule has 3 N–H and O–H groups in total. The summed E-state index contributed by atoms with van der Waals surface area (Å²) in [7, 11) is 0. The zero-order valence-corrected chi connectivity index (χ0v) is 9.47. The summed E-state index contributed by atoms with van der Waals surface area (Å²) in [5.74, 6) is -0.675. The minimum Gasteiger partial charge on any atom is -0.307 e. The fraction of sp³-hybridized carbons (Fsp3) is 0.200. The third-order valence-electron chi connectivity index (χ3n) is 1.75. The Hall–Kier alpha value is -1.75. The van der Waals surface area contributed by atoms with Crippen molar-refractivity contribution in [3.05, 3.63) is 29.8 Å². The topological polar surface area (TPSA) is 70.2 Å². The number of hydrazine groups is 1. The summed E-state index contributed by atoms with van der Waals surface area (Å²) in [6.07, 6.45) is 0. The van der Waals surface area contributed by atoms with Gasteiger partial charge in [-0.25, -0.2) is 10.2 Å². The van der Waals surface area contributed by atoms with Crippen LogP contribution in [-0.2, 0) is 4.79 Å². The first-order chi connectivity index (χ1) is 7.61. The molecule has 86 valence electrons. The molecule has 3 amide bonds. The van der Waals surface area contributed by atoms with Crippen molar-refractivity contribution < 1.29 is 9.59 Å². The summed E-state index contributed by atoms with van der Waals surface area (Å²) in [4.78, 5) is 22.0. The number of nitrogens with one attached hydrogen (secondary N) is 3. The molecule has 0 atom stereocenters. The van der Waals surface area contributed by atoms with Crippen LogP contribution in [0.1, 0.15) is 5.56 Å². The average molecular weight is 242 g/mol. The van der Waals surface area contributed by atoms with Crippen LogP contribution >= 0.6 is 11.6 Å². The maximum atomic E-state index is 11.2. The van der Waals surface area contributed by atoms with Crippen LogP contribution in [-0.4, -0.2) is 17.8 Å².